The van der Waals surface area contributed by atoms with Gasteiger partial charge in [-0.1, -0.05) is 6.07 Å². The molecule has 94 valence electrons. The zero-order valence-electron chi connectivity index (χ0n) is 10.0. The first-order chi connectivity index (χ1) is 8.13. The summed E-state index contributed by atoms with van der Waals surface area (Å²) in [5, 5.41) is 13.3. The highest BCUT2D eigenvalue weighted by atomic mass is 19.1. The topological polar surface area (TPSA) is 41.5 Å². The molecule has 0 aromatic heterocycles. The van der Waals surface area contributed by atoms with Gasteiger partial charge in [0.15, 0.2) is 11.6 Å². The molecule has 0 amide bonds. The smallest absolute Gasteiger partial charge is 0.165 e. The van der Waals surface area contributed by atoms with Gasteiger partial charge in [0.25, 0.3) is 0 Å². The minimum Gasteiger partial charge on any atom is -0.494 e. The van der Waals surface area contributed by atoms with Gasteiger partial charge in [-0.3, -0.25) is 0 Å². The van der Waals surface area contributed by atoms with Crippen LogP contribution in [0.1, 0.15) is 18.4 Å². The summed E-state index contributed by atoms with van der Waals surface area (Å²) in [6.45, 7) is 1.49. The number of hydrogen-bond acceptors (Lipinski definition) is 3. The first kappa shape index (κ1) is 12.3. The number of nitrogens with one attached hydrogen (secondary N) is 1. The Morgan fingerprint density at radius 3 is 2.94 bits per heavy atom. The van der Waals surface area contributed by atoms with Gasteiger partial charge >= 0.3 is 0 Å². The third kappa shape index (κ3) is 2.96. The van der Waals surface area contributed by atoms with E-state index in [9.17, 15) is 9.50 Å². The van der Waals surface area contributed by atoms with Crippen molar-refractivity contribution in [2.75, 3.05) is 20.2 Å². The van der Waals surface area contributed by atoms with Crippen molar-refractivity contribution in [2.45, 2.75) is 24.9 Å². The van der Waals surface area contributed by atoms with E-state index in [0.29, 0.717) is 19.4 Å². The van der Waals surface area contributed by atoms with Crippen molar-refractivity contribution in [1.29, 1.82) is 0 Å². The lowest BCUT2D eigenvalue weighted by Gasteiger charge is -2.21. The SMILES string of the molecule is COc1ccc(CCC2(O)CCNC2)cc1F. The van der Waals surface area contributed by atoms with Crippen LogP contribution in [-0.2, 0) is 6.42 Å². The maximum absolute atomic E-state index is 13.4. The molecule has 3 nitrogen and oxygen atoms in total. The zero-order valence-corrected chi connectivity index (χ0v) is 10.0. The van der Waals surface area contributed by atoms with E-state index in [0.717, 1.165) is 18.5 Å². The van der Waals surface area contributed by atoms with Crippen molar-refractivity contribution in [2.24, 2.45) is 0 Å². The fourth-order valence-electron chi connectivity index (χ4n) is 2.19. The molecular formula is C13H18FNO2. The zero-order chi connectivity index (χ0) is 12.3. The predicted octanol–water partition coefficient (Wildman–Crippen LogP) is 1.49. The molecule has 1 heterocycles. The van der Waals surface area contributed by atoms with Gasteiger partial charge in [-0.15, -0.1) is 0 Å². The van der Waals surface area contributed by atoms with E-state index in [1.165, 1.54) is 13.2 Å². The molecule has 1 unspecified atom stereocenters. The number of aryl methyl sites for hydroxylation is 1. The van der Waals surface area contributed by atoms with Crippen molar-refractivity contribution in [3.63, 3.8) is 0 Å². The Bertz CT molecular complexity index is 389. The Morgan fingerprint density at radius 2 is 2.35 bits per heavy atom. The lowest BCUT2D eigenvalue weighted by molar-refractivity contribution is 0.0526. The summed E-state index contributed by atoms with van der Waals surface area (Å²) < 4.78 is 18.3. The maximum atomic E-state index is 13.4. The third-order valence-electron chi connectivity index (χ3n) is 3.32. The molecule has 17 heavy (non-hydrogen) atoms. The van der Waals surface area contributed by atoms with Crippen molar-refractivity contribution in [1.82, 2.24) is 5.32 Å². The third-order valence-corrected chi connectivity index (χ3v) is 3.32. The quantitative estimate of drug-likeness (QED) is 0.836. The van der Waals surface area contributed by atoms with Gasteiger partial charge in [0, 0.05) is 6.54 Å². The molecule has 0 bridgehead atoms. The predicted molar refractivity (Wildman–Crippen MR) is 63.7 cm³/mol. The van der Waals surface area contributed by atoms with Crippen LogP contribution in [0.25, 0.3) is 0 Å². The fraction of sp³-hybridized carbons (Fsp3) is 0.538. The van der Waals surface area contributed by atoms with E-state index in [1.807, 2.05) is 6.07 Å². The Morgan fingerprint density at radius 1 is 1.53 bits per heavy atom. The first-order valence-corrected chi connectivity index (χ1v) is 5.88. The van der Waals surface area contributed by atoms with E-state index in [4.69, 9.17) is 4.74 Å². The minimum absolute atomic E-state index is 0.259. The monoisotopic (exact) mass is 239 g/mol. The molecule has 1 aromatic rings. The second kappa shape index (κ2) is 5.02. The number of rotatable bonds is 4. The maximum Gasteiger partial charge on any atom is 0.165 e. The van der Waals surface area contributed by atoms with Crippen molar-refractivity contribution in [3.8, 4) is 5.75 Å². The average Bonchev–Trinajstić information content (AvgIpc) is 2.74. The lowest BCUT2D eigenvalue weighted by atomic mass is 9.94. The van der Waals surface area contributed by atoms with E-state index in [-0.39, 0.29) is 11.6 Å². The van der Waals surface area contributed by atoms with Gasteiger partial charge in [0.05, 0.1) is 12.7 Å². The van der Waals surface area contributed by atoms with Crippen molar-refractivity contribution < 1.29 is 14.2 Å². The van der Waals surface area contributed by atoms with Crippen LogP contribution in [-0.4, -0.2) is 30.9 Å². The van der Waals surface area contributed by atoms with Gasteiger partial charge in [-0.05, 0) is 43.5 Å². The molecule has 1 aromatic carbocycles. The van der Waals surface area contributed by atoms with Gasteiger partial charge < -0.3 is 15.2 Å². The van der Waals surface area contributed by atoms with Crippen LogP contribution in [0.2, 0.25) is 0 Å². The summed E-state index contributed by atoms with van der Waals surface area (Å²) in [5.74, 6) is -0.0865. The molecule has 1 fully saturated rings. The molecule has 2 N–H and O–H groups in total. The van der Waals surface area contributed by atoms with Crippen LogP contribution in [0.5, 0.6) is 5.75 Å². The second-order valence-corrected chi connectivity index (χ2v) is 4.62. The van der Waals surface area contributed by atoms with Crippen LogP contribution in [0.3, 0.4) is 0 Å². The van der Waals surface area contributed by atoms with E-state index in [2.05, 4.69) is 5.32 Å². The molecule has 1 atom stereocenters. The average molecular weight is 239 g/mol. The van der Waals surface area contributed by atoms with Crippen molar-refractivity contribution >= 4 is 0 Å². The fourth-order valence-corrected chi connectivity index (χ4v) is 2.19. The molecule has 0 aliphatic carbocycles. The van der Waals surface area contributed by atoms with Gasteiger partial charge in [0.1, 0.15) is 0 Å². The van der Waals surface area contributed by atoms with E-state index in [1.54, 1.807) is 6.07 Å². The summed E-state index contributed by atoms with van der Waals surface area (Å²) in [6, 6.07) is 4.94. The number of β-amino-alcohol motifs (C(OH)–C–C–N with tert-alkyl or cyclic N) is 1. The first-order valence-electron chi connectivity index (χ1n) is 5.88. The van der Waals surface area contributed by atoms with Crippen LogP contribution in [0.4, 0.5) is 4.39 Å². The molecule has 0 spiro atoms. The lowest BCUT2D eigenvalue weighted by Crippen LogP contribution is -2.31. The highest BCUT2D eigenvalue weighted by Crippen LogP contribution is 2.23. The van der Waals surface area contributed by atoms with E-state index >= 15 is 0 Å². The molecule has 4 heteroatoms. The Labute approximate surface area is 101 Å². The molecule has 0 saturated carbocycles. The molecule has 1 aliphatic heterocycles. The number of ether oxygens (including phenoxy) is 1. The largest absolute Gasteiger partial charge is 0.494 e. The standard InChI is InChI=1S/C13H18FNO2/c1-17-12-3-2-10(8-11(12)14)4-5-13(16)6-7-15-9-13/h2-3,8,15-16H,4-7,9H2,1H3. The molecular weight excluding hydrogens is 221 g/mol. The van der Waals surface area contributed by atoms with Gasteiger partial charge in [0.2, 0.25) is 0 Å². The minimum atomic E-state index is -0.629. The summed E-state index contributed by atoms with van der Waals surface area (Å²) in [7, 11) is 1.45. The van der Waals surface area contributed by atoms with Crippen LogP contribution < -0.4 is 10.1 Å². The highest BCUT2D eigenvalue weighted by molar-refractivity contribution is 5.29. The van der Waals surface area contributed by atoms with Crippen molar-refractivity contribution in [3.05, 3.63) is 29.6 Å². The summed E-state index contributed by atoms with van der Waals surface area (Å²) >= 11 is 0. The van der Waals surface area contributed by atoms with Gasteiger partial charge in [-0.25, -0.2) is 4.39 Å². The molecule has 0 radical (unpaired) electrons. The number of aliphatic hydroxyl groups is 1. The number of methoxy groups -OCH3 is 1. The number of benzene rings is 1. The van der Waals surface area contributed by atoms with E-state index < -0.39 is 5.60 Å². The normalized spacial score (nSPS) is 23.9. The Balaban J connectivity index is 1.97. The summed E-state index contributed by atoms with van der Waals surface area (Å²) in [5.41, 5.74) is 0.264. The second-order valence-electron chi connectivity index (χ2n) is 4.62. The van der Waals surface area contributed by atoms with Gasteiger partial charge in [-0.2, -0.15) is 0 Å². The van der Waals surface area contributed by atoms with Crippen LogP contribution in [0, 0.1) is 5.82 Å². The Hall–Kier alpha value is -1.13. The number of halogens is 1. The molecule has 1 aliphatic rings. The summed E-state index contributed by atoms with van der Waals surface area (Å²) in [6.07, 6.45) is 2.11. The summed E-state index contributed by atoms with van der Waals surface area (Å²) in [4.78, 5) is 0. The highest BCUT2D eigenvalue weighted by Gasteiger charge is 2.30. The Kier molecular flexibility index (Phi) is 3.64. The number of hydrogen-bond donors (Lipinski definition) is 2. The van der Waals surface area contributed by atoms with Crippen LogP contribution >= 0.6 is 0 Å². The molecule has 1 saturated heterocycles. The van der Waals surface area contributed by atoms with Crippen LogP contribution in [0.15, 0.2) is 18.2 Å². The molecule has 2 rings (SSSR count).